The third-order valence-electron chi connectivity index (χ3n) is 5.27. The van der Waals surface area contributed by atoms with Crippen LogP contribution in [0.5, 0.6) is 0 Å². The maximum absolute atomic E-state index is 16.0. The number of fused-ring (bicyclic) bond motifs is 1. The normalized spacial score (nSPS) is 30.4. The van der Waals surface area contributed by atoms with E-state index in [-0.39, 0.29) is 19.6 Å². The Morgan fingerprint density at radius 3 is 2.83 bits per heavy atom. The standard InChI is InChI=1S/C20H22ClFN2O5/c1-19(2)28-16-14(24-7-6-15(25)23-18(24)26)9-20(22,17(16)29-19)11-27-10-12-4-3-5-13(21)8-12/h3-8,14,16-17H,9-11H2,1-2H3,(H,23,25,26)/t14-,16+,17+,20+/m1/s1. The molecule has 0 bridgehead atoms. The van der Waals surface area contributed by atoms with Crippen molar-refractivity contribution < 1.29 is 18.6 Å². The Morgan fingerprint density at radius 1 is 1.31 bits per heavy atom. The smallest absolute Gasteiger partial charge is 0.328 e. The Balaban J connectivity index is 1.56. The first-order chi connectivity index (χ1) is 13.7. The molecule has 2 aliphatic rings. The minimum atomic E-state index is -1.86. The summed E-state index contributed by atoms with van der Waals surface area (Å²) in [4.78, 5) is 25.9. The summed E-state index contributed by atoms with van der Waals surface area (Å²) >= 11 is 5.97. The highest BCUT2D eigenvalue weighted by molar-refractivity contribution is 6.30. The molecule has 29 heavy (non-hydrogen) atoms. The van der Waals surface area contributed by atoms with Crippen molar-refractivity contribution in [2.75, 3.05) is 6.61 Å². The van der Waals surface area contributed by atoms with Gasteiger partial charge in [-0.15, -0.1) is 0 Å². The van der Waals surface area contributed by atoms with E-state index < -0.39 is 41.0 Å². The molecular formula is C20H22ClFN2O5. The van der Waals surface area contributed by atoms with E-state index in [4.69, 9.17) is 25.8 Å². The lowest BCUT2D eigenvalue weighted by Crippen LogP contribution is -2.42. The summed E-state index contributed by atoms with van der Waals surface area (Å²) < 4.78 is 34.7. The number of hydrogen-bond donors (Lipinski definition) is 1. The number of aromatic nitrogens is 2. The first kappa shape index (κ1) is 20.3. The highest BCUT2D eigenvalue weighted by atomic mass is 35.5. The summed E-state index contributed by atoms with van der Waals surface area (Å²) in [7, 11) is 0. The van der Waals surface area contributed by atoms with Gasteiger partial charge in [0.15, 0.2) is 11.5 Å². The number of nitrogens with zero attached hydrogens (tertiary/aromatic N) is 1. The molecule has 4 atom stereocenters. The number of nitrogens with one attached hydrogen (secondary N) is 1. The Bertz CT molecular complexity index is 1020. The predicted octanol–water partition coefficient (Wildman–Crippen LogP) is 2.58. The maximum atomic E-state index is 16.0. The van der Waals surface area contributed by atoms with Gasteiger partial charge in [0.25, 0.3) is 5.56 Å². The van der Waals surface area contributed by atoms with E-state index in [2.05, 4.69) is 4.98 Å². The Labute approximate surface area is 171 Å². The van der Waals surface area contributed by atoms with Crippen molar-refractivity contribution in [3.63, 3.8) is 0 Å². The van der Waals surface area contributed by atoms with Gasteiger partial charge in [-0.1, -0.05) is 23.7 Å². The molecule has 7 nitrogen and oxygen atoms in total. The Hall–Kier alpha value is -2.00. The van der Waals surface area contributed by atoms with Crippen LogP contribution in [0.15, 0.2) is 46.1 Å². The molecule has 9 heteroatoms. The van der Waals surface area contributed by atoms with Crippen molar-refractivity contribution >= 4 is 11.6 Å². The van der Waals surface area contributed by atoms with Crippen molar-refractivity contribution in [3.05, 3.63) is 68.0 Å². The summed E-state index contributed by atoms with van der Waals surface area (Å²) in [6, 6.07) is 7.74. The van der Waals surface area contributed by atoms with E-state index in [1.54, 1.807) is 32.0 Å². The molecule has 0 unspecified atom stereocenters. The van der Waals surface area contributed by atoms with Crippen molar-refractivity contribution in [2.24, 2.45) is 0 Å². The minimum Gasteiger partial charge on any atom is -0.373 e. The largest absolute Gasteiger partial charge is 0.373 e. The molecule has 1 saturated heterocycles. The van der Waals surface area contributed by atoms with Crippen molar-refractivity contribution in [1.82, 2.24) is 9.55 Å². The van der Waals surface area contributed by atoms with Crippen LogP contribution in [0.2, 0.25) is 5.02 Å². The van der Waals surface area contributed by atoms with Crippen LogP contribution in [0.4, 0.5) is 4.39 Å². The quantitative estimate of drug-likeness (QED) is 0.797. The number of alkyl halides is 1. The summed E-state index contributed by atoms with van der Waals surface area (Å²) in [6.07, 6.45) is -0.273. The van der Waals surface area contributed by atoms with E-state index in [9.17, 15) is 9.59 Å². The van der Waals surface area contributed by atoms with Gasteiger partial charge >= 0.3 is 5.69 Å². The SMILES string of the molecule is CC1(C)O[C@H]2[C@H](n3ccc(=O)[nH]c3=O)C[C@](F)(COCc3cccc(Cl)c3)[C@H]2O1. The van der Waals surface area contributed by atoms with Gasteiger partial charge in [0.2, 0.25) is 0 Å². The van der Waals surface area contributed by atoms with Gasteiger partial charge in [0, 0.05) is 23.7 Å². The molecule has 2 aromatic rings. The summed E-state index contributed by atoms with van der Waals surface area (Å²) in [6.45, 7) is 3.36. The highest BCUT2D eigenvalue weighted by Gasteiger charge is 2.63. The number of benzene rings is 1. The second-order valence-corrected chi connectivity index (χ2v) is 8.40. The molecule has 2 heterocycles. The van der Waals surface area contributed by atoms with Crippen molar-refractivity contribution in [3.8, 4) is 0 Å². The second-order valence-electron chi connectivity index (χ2n) is 7.97. The molecule has 0 amide bonds. The average Bonchev–Trinajstić information content (AvgIpc) is 3.08. The summed E-state index contributed by atoms with van der Waals surface area (Å²) in [5.41, 5.74) is -2.16. The van der Waals surface area contributed by atoms with E-state index in [0.29, 0.717) is 5.02 Å². The van der Waals surface area contributed by atoms with Gasteiger partial charge in [-0.05, 0) is 31.5 Å². The minimum absolute atomic E-state index is 0.0418. The van der Waals surface area contributed by atoms with E-state index in [1.165, 1.54) is 16.8 Å². The zero-order valence-corrected chi connectivity index (χ0v) is 16.8. The fourth-order valence-corrected chi connectivity index (χ4v) is 4.31. The Kier molecular flexibility index (Phi) is 5.14. The zero-order chi connectivity index (χ0) is 20.8. The molecule has 1 N–H and O–H groups in total. The number of hydrogen-bond acceptors (Lipinski definition) is 5. The fraction of sp³-hybridized carbons (Fsp3) is 0.500. The van der Waals surface area contributed by atoms with Gasteiger partial charge < -0.3 is 14.2 Å². The van der Waals surface area contributed by atoms with Gasteiger partial charge in [-0.25, -0.2) is 9.18 Å². The van der Waals surface area contributed by atoms with E-state index >= 15 is 4.39 Å². The molecule has 1 aromatic carbocycles. The van der Waals surface area contributed by atoms with Crippen LogP contribution >= 0.6 is 11.6 Å². The predicted molar refractivity (Wildman–Crippen MR) is 104 cm³/mol. The number of rotatable bonds is 5. The lowest BCUT2D eigenvalue weighted by molar-refractivity contribution is -0.177. The second kappa shape index (κ2) is 7.36. The van der Waals surface area contributed by atoms with Gasteiger partial charge in [0.05, 0.1) is 19.3 Å². The molecular weight excluding hydrogens is 403 g/mol. The van der Waals surface area contributed by atoms with E-state index in [1.807, 2.05) is 6.07 Å². The molecule has 2 fully saturated rings. The average molecular weight is 425 g/mol. The fourth-order valence-electron chi connectivity index (χ4n) is 4.10. The summed E-state index contributed by atoms with van der Waals surface area (Å²) in [5.74, 6) is -0.996. The molecule has 1 saturated carbocycles. The first-order valence-corrected chi connectivity index (χ1v) is 9.73. The lowest BCUT2D eigenvalue weighted by atomic mass is 10.0. The molecule has 1 aromatic heterocycles. The van der Waals surface area contributed by atoms with Crippen molar-refractivity contribution in [2.45, 2.75) is 56.6 Å². The molecule has 1 aliphatic heterocycles. The number of H-pyrrole nitrogens is 1. The maximum Gasteiger partial charge on any atom is 0.328 e. The van der Waals surface area contributed by atoms with Crippen LogP contribution in [0.1, 0.15) is 31.9 Å². The molecule has 156 valence electrons. The van der Waals surface area contributed by atoms with Gasteiger partial charge in [-0.3, -0.25) is 14.3 Å². The van der Waals surface area contributed by atoms with Gasteiger partial charge in [0.1, 0.15) is 12.2 Å². The zero-order valence-electron chi connectivity index (χ0n) is 16.1. The van der Waals surface area contributed by atoms with Crippen molar-refractivity contribution in [1.29, 1.82) is 0 Å². The lowest BCUT2D eigenvalue weighted by Gasteiger charge is -2.28. The van der Waals surface area contributed by atoms with E-state index in [0.717, 1.165) is 5.56 Å². The van der Waals surface area contributed by atoms with Gasteiger partial charge in [-0.2, -0.15) is 0 Å². The number of aromatic amines is 1. The van der Waals surface area contributed by atoms with Crippen LogP contribution < -0.4 is 11.2 Å². The molecule has 0 radical (unpaired) electrons. The topological polar surface area (TPSA) is 82.6 Å². The van der Waals surface area contributed by atoms with Crippen LogP contribution in [0.25, 0.3) is 0 Å². The third-order valence-corrected chi connectivity index (χ3v) is 5.51. The molecule has 4 rings (SSSR count). The first-order valence-electron chi connectivity index (χ1n) is 9.35. The monoisotopic (exact) mass is 424 g/mol. The van der Waals surface area contributed by atoms with Crippen LogP contribution in [0, 0.1) is 0 Å². The molecule has 0 spiro atoms. The van der Waals surface area contributed by atoms with Crippen LogP contribution in [0.3, 0.4) is 0 Å². The highest BCUT2D eigenvalue weighted by Crippen LogP contribution is 2.50. The summed E-state index contributed by atoms with van der Waals surface area (Å²) in [5, 5.41) is 0.578. The third kappa shape index (κ3) is 4.02. The molecule has 1 aliphatic carbocycles. The number of halogens is 2. The Morgan fingerprint density at radius 2 is 2.10 bits per heavy atom. The van der Waals surface area contributed by atoms with Crippen LogP contribution in [-0.2, 0) is 20.8 Å². The van der Waals surface area contributed by atoms with Crippen LogP contribution in [-0.4, -0.2) is 39.8 Å². The number of ether oxygens (including phenoxy) is 3.